The minimum Gasteiger partial charge on any atom is -0.507 e. The Balaban J connectivity index is 0.000000179. The predicted molar refractivity (Wildman–Crippen MR) is 296 cm³/mol. The Morgan fingerprint density at radius 1 is 0.444 bits per heavy atom. The third kappa shape index (κ3) is 16.7. The predicted octanol–water partition coefficient (Wildman–Crippen LogP) is 15.7. The Labute approximate surface area is 435 Å². The van der Waals surface area contributed by atoms with Crippen molar-refractivity contribution in [2.45, 2.75) is 189 Å². The van der Waals surface area contributed by atoms with Crippen molar-refractivity contribution < 1.29 is 39.1 Å². The molecule has 4 aromatic rings. The number of hydrogen-bond acceptors (Lipinski definition) is 8. The molecule has 4 aliphatic carbocycles. The molecule has 0 bridgehead atoms. The minimum absolute atomic E-state index is 0.0119. The first-order valence-corrected chi connectivity index (χ1v) is 27.9. The SMILES string of the molecule is CC(C)c1cccc(C(C)C2CC2)c1O.CC(C)c1cccc(C(C)C2CC2)c1OCCO.CC(C)c1cccc(C(C)C2CC2)c1OCCO.CCOC(=O)COc1c(C(C)C)cccc1C(C)C1CC1. The van der Waals surface area contributed by atoms with Crippen LogP contribution in [-0.4, -0.2) is 60.9 Å². The highest BCUT2D eigenvalue weighted by atomic mass is 16.6. The molecule has 0 amide bonds. The Morgan fingerprint density at radius 3 is 1.01 bits per heavy atom. The number of benzene rings is 4. The van der Waals surface area contributed by atoms with Crippen molar-refractivity contribution in [3.05, 3.63) is 117 Å². The smallest absolute Gasteiger partial charge is 0.344 e. The summed E-state index contributed by atoms with van der Waals surface area (Å²) in [5, 5.41) is 28.2. The number of phenolic OH excluding ortho intramolecular Hbond substituents is 1. The van der Waals surface area contributed by atoms with Crippen molar-refractivity contribution in [1.29, 1.82) is 0 Å². The van der Waals surface area contributed by atoms with Crippen LogP contribution >= 0.6 is 0 Å². The molecule has 0 saturated heterocycles. The van der Waals surface area contributed by atoms with Crippen LogP contribution in [0.2, 0.25) is 0 Å². The lowest BCUT2D eigenvalue weighted by molar-refractivity contribution is -0.145. The summed E-state index contributed by atoms with van der Waals surface area (Å²) in [6, 6.07) is 25.4. The molecule has 4 fully saturated rings. The lowest BCUT2D eigenvalue weighted by Crippen LogP contribution is -2.16. The second kappa shape index (κ2) is 28.2. The lowest BCUT2D eigenvalue weighted by atomic mass is 9.90. The first kappa shape index (κ1) is 58.4. The molecule has 398 valence electrons. The van der Waals surface area contributed by atoms with E-state index in [1.54, 1.807) is 6.92 Å². The number of aliphatic hydroxyl groups is 2. The molecule has 8 nitrogen and oxygen atoms in total. The van der Waals surface area contributed by atoms with E-state index in [0.717, 1.165) is 52.0 Å². The fourth-order valence-electron chi connectivity index (χ4n) is 10.1. The van der Waals surface area contributed by atoms with E-state index in [1.807, 2.05) is 6.07 Å². The van der Waals surface area contributed by atoms with Gasteiger partial charge in [0.1, 0.15) is 36.2 Å². The average Bonchev–Trinajstić information content (AvgIpc) is 4.16. The van der Waals surface area contributed by atoms with Gasteiger partial charge in [-0.05, 0) is 174 Å². The largest absolute Gasteiger partial charge is 0.507 e. The van der Waals surface area contributed by atoms with E-state index in [-0.39, 0.29) is 25.8 Å². The molecule has 8 heteroatoms. The quantitative estimate of drug-likeness (QED) is 0.0667. The number of aromatic hydroxyl groups is 1. The molecule has 0 spiro atoms. The second-order valence-electron chi connectivity index (χ2n) is 22.4. The Kier molecular flexibility index (Phi) is 22.9. The highest BCUT2D eigenvalue weighted by Gasteiger charge is 2.34. The first-order chi connectivity index (χ1) is 34.4. The van der Waals surface area contributed by atoms with Gasteiger partial charge >= 0.3 is 5.97 Å². The maximum Gasteiger partial charge on any atom is 0.344 e. The highest BCUT2D eigenvalue weighted by Crippen LogP contribution is 2.49. The van der Waals surface area contributed by atoms with Gasteiger partial charge in [-0.15, -0.1) is 0 Å². The van der Waals surface area contributed by atoms with Gasteiger partial charge < -0.3 is 34.3 Å². The average molecular weight is 991 g/mol. The number of ether oxygens (including phenoxy) is 4. The van der Waals surface area contributed by atoms with E-state index < -0.39 is 0 Å². The fourth-order valence-corrected chi connectivity index (χ4v) is 10.1. The molecule has 4 saturated carbocycles. The third-order valence-electron chi connectivity index (χ3n) is 15.4. The second-order valence-corrected chi connectivity index (χ2v) is 22.4. The van der Waals surface area contributed by atoms with Crippen molar-refractivity contribution in [2.75, 3.05) is 39.6 Å². The molecule has 0 heterocycles. The zero-order valence-electron chi connectivity index (χ0n) is 46.6. The Hall–Kier alpha value is -4.53. The van der Waals surface area contributed by atoms with E-state index in [4.69, 9.17) is 29.2 Å². The van der Waals surface area contributed by atoms with Crippen LogP contribution in [0.1, 0.15) is 233 Å². The molecule has 4 aromatic carbocycles. The van der Waals surface area contributed by atoms with Gasteiger partial charge in [-0.3, -0.25) is 0 Å². The number of hydrogen-bond donors (Lipinski definition) is 3. The molecule has 3 N–H and O–H groups in total. The van der Waals surface area contributed by atoms with Crippen molar-refractivity contribution in [3.63, 3.8) is 0 Å². The summed E-state index contributed by atoms with van der Waals surface area (Å²) in [6.45, 7) is 29.5. The van der Waals surface area contributed by atoms with Crippen LogP contribution in [-0.2, 0) is 9.53 Å². The lowest BCUT2D eigenvalue weighted by Gasteiger charge is -2.21. The van der Waals surface area contributed by atoms with Crippen LogP contribution in [0, 0.1) is 23.7 Å². The number of para-hydroxylation sites is 4. The summed E-state index contributed by atoms with van der Waals surface area (Å²) >= 11 is 0. The van der Waals surface area contributed by atoms with Crippen LogP contribution in [0.3, 0.4) is 0 Å². The summed E-state index contributed by atoms with van der Waals surface area (Å²) in [4.78, 5) is 11.6. The fraction of sp³-hybridized carbons (Fsp3) is 0.609. The topological polar surface area (TPSA) is 115 Å². The standard InChI is InChI=1S/C18H26O3.2C16H24O2.C14H20O/c1-5-20-17(19)11-21-18-15(12(2)3)7-6-8-16(18)13(4)14-9-10-14;2*1-11(2)14-5-4-6-15(12(3)13-7-8-13)16(14)18-10-9-17;1-9(2)12-5-4-6-13(14(12)15)10(3)11-7-8-11/h6-8,12-14H,5,9-11H2,1-4H3;2*4-6,11-13,17H,7-10H2,1-3H3;4-6,9-11,15H,7-8H2,1-3H3. The van der Waals surface area contributed by atoms with E-state index in [1.165, 1.54) is 84.7 Å². The zero-order valence-corrected chi connectivity index (χ0v) is 46.6. The van der Waals surface area contributed by atoms with Gasteiger partial charge in [0.15, 0.2) is 6.61 Å². The molecule has 4 unspecified atom stereocenters. The van der Waals surface area contributed by atoms with E-state index >= 15 is 0 Å². The first-order valence-electron chi connectivity index (χ1n) is 27.9. The molecule has 4 aliphatic rings. The summed E-state index contributed by atoms with van der Waals surface area (Å²) in [7, 11) is 0. The molecule has 0 radical (unpaired) electrons. The van der Waals surface area contributed by atoms with Crippen LogP contribution in [0.4, 0.5) is 0 Å². The van der Waals surface area contributed by atoms with Crippen molar-refractivity contribution in [2.24, 2.45) is 23.7 Å². The van der Waals surface area contributed by atoms with Gasteiger partial charge in [0.05, 0.1) is 19.8 Å². The summed E-state index contributed by atoms with van der Waals surface area (Å²) < 4.78 is 22.5. The molecule has 0 aliphatic heterocycles. The Bertz CT molecular complexity index is 2180. The number of phenols is 1. The van der Waals surface area contributed by atoms with Gasteiger partial charge in [0, 0.05) is 0 Å². The zero-order chi connectivity index (χ0) is 52.6. The highest BCUT2D eigenvalue weighted by molar-refractivity contribution is 5.71. The molecule has 0 aromatic heterocycles. The maximum absolute atomic E-state index is 11.6. The molecule has 4 atom stereocenters. The Morgan fingerprint density at radius 2 is 0.722 bits per heavy atom. The van der Waals surface area contributed by atoms with E-state index in [0.29, 0.717) is 72.9 Å². The van der Waals surface area contributed by atoms with Crippen molar-refractivity contribution >= 4 is 5.97 Å². The molecular formula is C64H94O8. The maximum atomic E-state index is 11.6. The van der Waals surface area contributed by atoms with Crippen LogP contribution in [0.25, 0.3) is 0 Å². The van der Waals surface area contributed by atoms with E-state index in [2.05, 4.69) is 150 Å². The van der Waals surface area contributed by atoms with Crippen LogP contribution in [0.5, 0.6) is 23.0 Å². The minimum atomic E-state index is -0.305. The number of rotatable bonds is 22. The van der Waals surface area contributed by atoms with Gasteiger partial charge in [-0.1, -0.05) is 156 Å². The van der Waals surface area contributed by atoms with Crippen LogP contribution in [0.15, 0.2) is 72.8 Å². The van der Waals surface area contributed by atoms with Gasteiger partial charge in [-0.2, -0.15) is 0 Å². The molecule has 72 heavy (non-hydrogen) atoms. The summed E-state index contributed by atoms with van der Waals surface area (Å²) in [6.07, 6.45) is 10.6. The number of carbonyl (C=O) groups excluding carboxylic acids is 1. The van der Waals surface area contributed by atoms with Gasteiger partial charge in [-0.25, -0.2) is 4.79 Å². The monoisotopic (exact) mass is 991 g/mol. The van der Waals surface area contributed by atoms with Gasteiger partial charge in [0.25, 0.3) is 0 Å². The summed E-state index contributed by atoms with van der Waals surface area (Å²) in [5.74, 6) is 10.2. The normalized spacial score (nSPS) is 16.9. The summed E-state index contributed by atoms with van der Waals surface area (Å²) in [5.41, 5.74) is 9.78. The molecule has 8 rings (SSSR count). The van der Waals surface area contributed by atoms with Crippen molar-refractivity contribution in [3.8, 4) is 23.0 Å². The van der Waals surface area contributed by atoms with Crippen molar-refractivity contribution in [1.82, 2.24) is 0 Å². The number of aliphatic hydroxyl groups excluding tert-OH is 2. The molecular weight excluding hydrogens is 897 g/mol. The van der Waals surface area contributed by atoms with E-state index in [9.17, 15) is 9.90 Å². The van der Waals surface area contributed by atoms with Gasteiger partial charge in [0.2, 0.25) is 0 Å². The third-order valence-corrected chi connectivity index (χ3v) is 15.4. The number of esters is 1. The van der Waals surface area contributed by atoms with Crippen LogP contribution < -0.4 is 14.2 Å². The number of carbonyl (C=O) groups is 1.